The lowest BCUT2D eigenvalue weighted by Crippen LogP contribution is -1.96. The van der Waals surface area contributed by atoms with Crippen molar-refractivity contribution in [3.8, 4) is 0 Å². The van der Waals surface area contributed by atoms with Crippen molar-refractivity contribution in [2.75, 3.05) is 11.3 Å². The summed E-state index contributed by atoms with van der Waals surface area (Å²) >= 11 is 0. The minimum absolute atomic E-state index is 0.159. The molecule has 0 saturated heterocycles. The van der Waals surface area contributed by atoms with Crippen molar-refractivity contribution < 1.29 is 8.42 Å². The second kappa shape index (κ2) is 4.93. The summed E-state index contributed by atoms with van der Waals surface area (Å²) < 4.78 is 21.6. The van der Waals surface area contributed by atoms with Crippen molar-refractivity contribution in [3.63, 3.8) is 0 Å². The van der Waals surface area contributed by atoms with Crippen molar-refractivity contribution in [2.45, 2.75) is 4.90 Å². The van der Waals surface area contributed by atoms with E-state index in [1.165, 1.54) is 27.8 Å². The molecule has 1 aromatic rings. The highest BCUT2D eigenvalue weighted by molar-refractivity contribution is 8.78. The van der Waals surface area contributed by atoms with Crippen LogP contribution >= 0.6 is 21.6 Å². The van der Waals surface area contributed by atoms with E-state index >= 15 is 0 Å². The quantitative estimate of drug-likeness (QED) is 0.749. The predicted molar refractivity (Wildman–Crippen MR) is 59.6 cm³/mol. The molecule has 0 bridgehead atoms. The summed E-state index contributed by atoms with van der Waals surface area (Å²) in [6, 6.07) is 9.72. The first-order valence-electron chi connectivity index (χ1n) is 3.60. The highest BCUT2D eigenvalue weighted by atomic mass is 33.1. The average molecular weight is 234 g/mol. The van der Waals surface area contributed by atoms with Crippen LogP contribution in [0.1, 0.15) is 0 Å². The standard InChI is InChI=1S/C8H10O2S3/c1-13(9,10)7-11-12-8-5-3-2-4-6-8/h2-6H,7H2,1H3. The Balaban J connectivity index is 2.37. The van der Waals surface area contributed by atoms with E-state index in [0.29, 0.717) is 0 Å². The largest absolute Gasteiger partial charge is 0.228 e. The molecule has 0 aliphatic heterocycles. The Kier molecular flexibility index (Phi) is 4.15. The smallest absolute Gasteiger partial charge is 0.157 e. The fraction of sp³-hybridized carbons (Fsp3) is 0.250. The Bertz CT molecular complexity index is 345. The monoisotopic (exact) mass is 234 g/mol. The highest BCUT2D eigenvalue weighted by Crippen LogP contribution is 2.31. The summed E-state index contributed by atoms with van der Waals surface area (Å²) in [5.41, 5.74) is 0. The minimum Gasteiger partial charge on any atom is -0.228 e. The number of hydrogen-bond donors (Lipinski definition) is 0. The minimum atomic E-state index is -2.85. The Morgan fingerprint density at radius 1 is 1.23 bits per heavy atom. The van der Waals surface area contributed by atoms with Gasteiger partial charge in [-0.25, -0.2) is 8.42 Å². The van der Waals surface area contributed by atoms with Crippen LogP contribution in [-0.2, 0) is 9.84 Å². The van der Waals surface area contributed by atoms with E-state index in [1.54, 1.807) is 0 Å². The molecule has 1 rings (SSSR count). The van der Waals surface area contributed by atoms with E-state index in [2.05, 4.69) is 0 Å². The second-order valence-electron chi connectivity index (χ2n) is 2.56. The van der Waals surface area contributed by atoms with Crippen molar-refractivity contribution in [1.82, 2.24) is 0 Å². The Morgan fingerprint density at radius 2 is 1.85 bits per heavy atom. The average Bonchev–Trinajstić information content (AvgIpc) is 2.04. The van der Waals surface area contributed by atoms with Gasteiger partial charge in [0, 0.05) is 11.2 Å². The lowest BCUT2D eigenvalue weighted by molar-refractivity contribution is 0.606. The zero-order valence-corrected chi connectivity index (χ0v) is 9.58. The summed E-state index contributed by atoms with van der Waals surface area (Å²) in [6.07, 6.45) is 1.24. The molecule has 0 atom stereocenters. The zero-order chi connectivity index (χ0) is 9.73. The second-order valence-corrected chi connectivity index (χ2v) is 7.43. The van der Waals surface area contributed by atoms with Crippen LogP contribution in [0, 0.1) is 0 Å². The van der Waals surface area contributed by atoms with Crippen LogP contribution in [0.15, 0.2) is 35.2 Å². The van der Waals surface area contributed by atoms with Gasteiger partial charge in [0.2, 0.25) is 0 Å². The SMILES string of the molecule is CS(=O)(=O)CSSc1ccccc1. The van der Waals surface area contributed by atoms with E-state index in [0.717, 1.165) is 4.90 Å². The molecule has 0 aliphatic rings. The third-order valence-electron chi connectivity index (χ3n) is 1.16. The van der Waals surface area contributed by atoms with Crippen LogP contribution in [0.4, 0.5) is 0 Å². The fourth-order valence-corrected chi connectivity index (χ4v) is 4.70. The Morgan fingerprint density at radius 3 is 2.38 bits per heavy atom. The maximum atomic E-state index is 10.8. The molecule has 0 N–H and O–H groups in total. The molecule has 2 nitrogen and oxygen atoms in total. The number of benzene rings is 1. The maximum Gasteiger partial charge on any atom is 0.157 e. The summed E-state index contributed by atoms with van der Waals surface area (Å²) in [7, 11) is -0.0254. The molecule has 13 heavy (non-hydrogen) atoms. The molecule has 0 radical (unpaired) electrons. The molecule has 72 valence electrons. The molecular formula is C8H10O2S3. The topological polar surface area (TPSA) is 34.1 Å². The molecule has 0 spiro atoms. The van der Waals surface area contributed by atoms with Crippen molar-refractivity contribution in [2.24, 2.45) is 0 Å². The number of hydrogen-bond acceptors (Lipinski definition) is 4. The van der Waals surface area contributed by atoms with Crippen LogP contribution in [0.3, 0.4) is 0 Å². The molecule has 0 unspecified atom stereocenters. The first kappa shape index (κ1) is 10.9. The van der Waals surface area contributed by atoms with Gasteiger partial charge in [0.1, 0.15) is 5.08 Å². The molecular weight excluding hydrogens is 224 g/mol. The van der Waals surface area contributed by atoms with Gasteiger partial charge in [-0.2, -0.15) is 0 Å². The van der Waals surface area contributed by atoms with E-state index in [9.17, 15) is 8.42 Å². The lowest BCUT2D eigenvalue weighted by Gasteiger charge is -1.98. The molecule has 0 fully saturated rings. The maximum absolute atomic E-state index is 10.8. The lowest BCUT2D eigenvalue weighted by atomic mass is 10.4. The Hall–Kier alpha value is -0.130. The normalized spacial score (nSPS) is 11.5. The van der Waals surface area contributed by atoms with E-state index in [-0.39, 0.29) is 5.08 Å². The molecule has 0 aliphatic carbocycles. The van der Waals surface area contributed by atoms with Gasteiger partial charge >= 0.3 is 0 Å². The number of rotatable bonds is 4. The van der Waals surface area contributed by atoms with Gasteiger partial charge < -0.3 is 0 Å². The van der Waals surface area contributed by atoms with Crippen LogP contribution in [0.2, 0.25) is 0 Å². The fourth-order valence-electron chi connectivity index (χ4n) is 0.656. The van der Waals surface area contributed by atoms with Gasteiger partial charge in [0.25, 0.3) is 0 Å². The van der Waals surface area contributed by atoms with Crippen LogP contribution in [0.5, 0.6) is 0 Å². The third kappa shape index (κ3) is 5.23. The summed E-state index contributed by atoms with van der Waals surface area (Å²) in [5.74, 6) is 0. The summed E-state index contributed by atoms with van der Waals surface area (Å²) in [5, 5.41) is 0.159. The van der Waals surface area contributed by atoms with Gasteiger partial charge in [0.05, 0.1) is 0 Å². The van der Waals surface area contributed by atoms with Gasteiger partial charge in [-0.1, -0.05) is 39.8 Å². The van der Waals surface area contributed by atoms with Gasteiger partial charge in [0.15, 0.2) is 9.84 Å². The molecule has 5 heteroatoms. The van der Waals surface area contributed by atoms with Crippen molar-refractivity contribution >= 4 is 31.4 Å². The van der Waals surface area contributed by atoms with Crippen LogP contribution in [-0.4, -0.2) is 19.8 Å². The molecule has 1 aromatic carbocycles. The summed E-state index contributed by atoms with van der Waals surface area (Å²) in [6.45, 7) is 0. The molecule has 0 heterocycles. The van der Waals surface area contributed by atoms with E-state index in [1.807, 2.05) is 30.3 Å². The third-order valence-corrected chi connectivity index (χ3v) is 5.64. The van der Waals surface area contributed by atoms with Gasteiger partial charge in [-0.15, -0.1) is 0 Å². The van der Waals surface area contributed by atoms with Crippen LogP contribution < -0.4 is 0 Å². The van der Waals surface area contributed by atoms with E-state index < -0.39 is 9.84 Å². The number of sulfone groups is 1. The summed E-state index contributed by atoms with van der Waals surface area (Å²) in [4.78, 5) is 1.08. The van der Waals surface area contributed by atoms with Crippen molar-refractivity contribution in [3.05, 3.63) is 30.3 Å². The van der Waals surface area contributed by atoms with Crippen molar-refractivity contribution in [1.29, 1.82) is 0 Å². The van der Waals surface area contributed by atoms with Crippen LogP contribution in [0.25, 0.3) is 0 Å². The molecule has 0 amide bonds. The van der Waals surface area contributed by atoms with Gasteiger partial charge in [-0.3, -0.25) is 0 Å². The predicted octanol–water partition coefficient (Wildman–Crippen LogP) is 2.43. The van der Waals surface area contributed by atoms with E-state index in [4.69, 9.17) is 0 Å². The Labute approximate surface area is 86.4 Å². The first-order valence-corrected chi connectivity index (χ1v) is 7.98. The molecule has 0 saturated carbocycles. The highest BCUT2D eigenvalue weighted by Gasteiger charge is 2.02. The molecule has 0 aromatic heterocycles. The first-order chi connectivity index (χ1) is 6.08. The van der Waals surface area contributed by atoms with Gasteiger partial charge in [-0.05, 0) is 12.1 Å². The zero-order valence-electron chi connectivity index (χ0n) is 7.14.